The molecule has 3 N–H and O–H groups in total. The van der Waals surface area contributed by atoms with Crippen molar-refractivity contribution in [2.45, 2.75) is 6.10 Å². The summed E-state index contributed by atoms with van der Waals surface area (Å²) in [5.74, 6) is 1.30. The minimum absolute atomic E-state index is 0. The van der Waals surface area contributed by atoms with Crippen LogP contribution < -0.4 is 15.2 Å². The number of hydrogen-bond acceptors (Lipinski definition) is 4. The van der Waals surface area contributed by atoms with Crippen molar-refractivity contribution in [3.63, 3.8) is 0 Å². The molecular weight excluding hydrogens is 220 g/mol. The fourth-order valence-electron chi connectivity index (χ4n) is 1.23. The van der Waals surface area contributed by atoms with Crippen molar-refractivity contribution in [1.82, 2.24) is 0 Å². The van der Waals surface area contributed by atoms with Gasteiger partial charge >= 0.3 is 0 Å². The van der Waals surface area contributed by atoms with E-state index in [0.717, 1.165) is 0 Å². The zero-order valence-corrected chi connectivity index (χ0v) is 8.61. The van der Waals surface area contributed by atoms with Gasteiger partial charge in [-0.2, -0.15) is 0 Å². The molecule has 1 aromatic rings. The number of nitrogens with zero attached hydrogens (tertiary/aromatic N) is 1. The zero-order valence-electron chi connectivity index (χ0n) is 7.79. The first-order valence-electron chi connectivity index (χ1n) is 4.17. The van der Waals surface area contributed by atoms with Gasteiger partial charge in [0.1, 0.15) is 6.61 Å². The van der Waals surface area contributed by atoms with Crippen molar-refractivity contribution in [2.75, 3.05) is 6.61 Å². The van der Waals surface area contributed by atoms with Gasteiger partial charge in [-0.3, -0.25) is 0 Å². The van der Waals surface area contributed by atoms with Crippen molar-refractivity contribution in [2.24, 2.45) is 10.9 Å². The summed E-state index contributed by atoms with van der Waals surface area (Å²) in [4.78, 5) is 0. The average molecular weight is 231 g/mol. The summed E-state index contributed by atoms with van der Waals surface area (Å²) < 4.78 is 10.8. The van der Waals surface area contributed by atoms with E-state index in [2.05, 4.69) is 5.16 Å². The Morgan fingerprint density at radius 1 is 1.40 bits per heavy atom. The van der Waals surface area contributed by atoms with Crippen LogP contribution in [0.3, 0.4) is 0 Å². The predicted molar refractivity (Wildman–Crippen MR) is 57.0 cm³/mol. The maximum absolute atomic E-state index is 8.46. The molecule has 1 unspecified atom stereocenters. The standard InChI is InChI=1S/C9H10N2O3.ClH/c10-9(11-12)8-5-13-6-3-1-2-4-7(6)14-8;/h1-4,8,12H,5H2,(H2,10,11);1H. The van der Waals surface area contributed by atoms with E-state index in [9.17, 15) is 0 Å². The minimum atomic E-state index is -0.519. The molecule has 1 heterocycles. The number of amidine groups is 1. The number of halogens is 1. The number of ether oxygens (including phenoxy) is 2. The first-order chi connectivity index (χ1) is 6.81. The van der Waals surface area contributed by atoms with E-state index in [-0.39, 0.29) is 24.8 Å². The van der Waals surface area contributed by atoms with E-state index >= 15 is 0 Å². The maximum atomic E-state index is 8.46. The molecule has 5 nitrogen and oxygen atoms in total. The van der Waals surface area contributed by atoms with Gasteiger partial charge in [0.25, 0.3) is 0 Å². The van der Waals surface area contributed by atoms with Gasteiger partial charge in [-0.05, 0) is 12.1 Å². The molecule has 0 fully saturated rings. The van der Waals surface area contributed by atoms with Gasteiger partial charge in [-0.25, -0.2) is 0 Å². The van der Waals surface area contributed by atoms with Crippen molar-refractivity contribution >= 4 is 18.2 Å². The number of rotatable bonds is 1. The molecule has 2 rings (SSSR count). The fourth-order valence-corrected chi connectivity index (χ4v) is 1.23. The Morgan fingerprint density at radius 2 is 2.07 bits per heavy atom. The Balaban J connectivity index is 0.00000112. The number of hydrogen-bond donors (Lipinski definition) is 2. The molecule has 82 valence electrons. The van der Waals surface area contributed by atoms with Crippen LogP contribution in [0.4, 0.5) is 0 Å². The van der Waals surface area contributed by atoms with E-state index in [1.807, 2.05) is 12.1 Å². The SMILES string of the molecule is Cl.N/C(=N/O)C1COc2ccccc2O1. The van der Waals surface area contributed by atoms with Gasteiger partial charge in [0.2, 0.25) is 0 Å². The van der Waals surface area contributed by atoms with Gasteiger partial charge in [0, 0.05) is 0 Å². The monoisotopic (exact) mass is 230 g/mol. The molecule has 0 aliphatic carbocycles. The van der Waals surface area contributed by atoms with Crippen molar-refractivity contribution < 1.29 is 14.7 Å². The molecule has 15 heavy (non-hydrogen) atoms. The molecule has 1 atom stereocenters. The quantitative estimate of drug-likeness (QED) is 0.327. The van der Waals surface area contributed by atoms with Crippen LogP contribution in [0.2, 0.25) is 0 Å². The lowest BCUT2D eigenvalue weighted by Crippen LogP contribution is -2.41. The lowest BCUT2D eigenvalue weighted by atomic mass is 10.2. The van der Waals surface area contributed by atoms with Crippen LogP contribution in [-0.4, -0.2) is 23.8 Å². The van der Waals surface area contributed by atoms with Crippen LogP contribution in [0.1, 0.15) is 0 Å². The van der Waals surface area contributed by atoms with Crippen LogP contribution in [0, 0.1) is 0 Å². The Labute approximate surface area is 92.9 Å². The van der Waals surface area contributed by atoms with E-state index in [0.29, 0.717) is 11.5 Å². The number of oxime groups is 1. The summed E-state index contributed by atoms with van der Waals surface area (Å²) in [5.41, 5.74) is 5.40. The Morgan fingerprint density at radius 3 is 2.73 bits per heavy atom. The molecule has 0 bridgehead atoms. The van der Waals surface area contributed by atoms with Gasteiger partial charge in [-0.1, -0.05) is 17.3 Å². The molecule has 1 aromatic carbocycles. The van der Waals surface area contributed by atoms with E-state index < -0.39 is 6.10 Å². The summed E-state index contributed by atoms with van der Waals surface area (Å²) in [6, 6.07) is 7.26. The summed E-state index contributed by atoms with van der Waals surface area (Å²) in [6.45, 7) is 0.257. The first-order valence-corrected chi connectivity index (χ1v) is 4.17. The normalized spacial score (nSPS) is 19.2. The second-order valence-electron chi connectivity index (χ2n) is 2.89. The highest BCUT2D eigenvalue weighted by Gasteiger charge is 2.23. The third kappa shape index (κ3) is 2.24. The second kappa shape index (κ2) is 4.75. The lowest BCUT2D eigenvalue weighted by molar-refractivity contribution is 0.131. The summed E-state index contributed by atoms with van der Waals surface area (Å²) in [7, 11) is 0. The predicted octanol–water partition coefficient (Wildman–Crippen LogP) is 0.995. The summed E-state index contributed by atoms with van der Waals surface area (Å²) in [6.07, 6.45) is -0.519. The third-order valence-corrected chi connectivity index (χ3v) is 1.95. The minimum Gasteiger partial charge on any atom is -0.485 e. The van der Waals surface area contributed by atoms with Crippen LogP contribution in [0.15, 0.2) is 29.4 Å². The molecule has 0 saturated carbocycles. The highest BCUT2D eigenvalue weighted by molar-refractivity contribution is 5.85. The number of benzene rings is 1. The summed E-state index contributed by atoms with van der Waals surface area (Å²) >= 11 is 0. The number of fused-ring (bicyclic) bond motifs is 1. The highest BCUT2D eigenvalue weighted by Crippen LogP contribution is 2.30. The second-order valence-corrected chi connectivity index (χ2v) is 2.89. The maximum Gasteiger partial charge on any atom is 0.193 e. The van der Waals surface area contributed by atoms with Gasteiger partial charge in [0.15, 0.2) is 23.4 Å². The lowest BCUT2D eigenvalue weighted by Gasteiger charge is -2.25. The zero-order chi connectivity index (χ0) is 9.97. The first kappa shape index (κ1) is 11.5. The molecule has 0 radical (unpaired) electrons. The number of para-hydroxylation sites is 2. The van der Waals surface area contributed by atoms with Crippen molar-refractivity contribution in [3.05, 3.63) is 24.3 Å². The molecular formula is C9H11ClN2O3. The molecule has 6 heteroatoms. The van der Waals surface area contributed by atoms with Crippen LogP contribution >= 0.6 is 12.4 Å². The average Bonchev–Trinajstić information content (AvgIpc) is 2.27. The molecule has 0 spiro atoms. The topological polar surface area (TPSA) is 77.1 Å². The van der Waals surface area contributed by atoms with Crippen molar-refractivity contribution in [3.8, 4) is 11.5 Å². The van der Waals surface area contributed by atoms with E-state index in [1.54, 1.807) is 12.1 Å². The molecule has 0 aromatic heterocycles. The largest absolute Gasteiger partial charge is 0.485 e. The molecule has 0 saturated heterocycles. The molecule has 1 aliphatic rings. The highest BCUT2D eigenvalue weighted by atomic mass is 35.5. The smallest absolute Gasteiger partial charge is 0.193 e. The van der Waals surface area contributed by atoms with Gasteiger partial charge in [-0.15, -0.1) is 12.4 Å². The Kier molecular flexibility index (Phi) is 3.62. The van der Waals surface area contributed by atoms with Crippen LogP contribution in [-0.2, 0) is 0 Å². The Hall–Kier alpha value is -1.62. The van der Waals surface area contributed by atoms with Crippen LogP contribution in [0.25, 0.3) is 0 Å². The third-order valence-electron chi connectivity index (χ3n) is 1.95. The summed E-state index contributed by atoms with van der Waals surface area (Å²) in [5, 5.41) is 11.3. The van der Waals surface area contributed by atoms with Gasteiger partial charge in [0.05, 0.1) is 0 Å². The van der Waals surface area contributed by atoms with Gasteiger partial charge < -0.3 is 20.4 Å². The Bertz CT molecular complexity index is 370. The van der Waals surface area contributed by atoms with E-state index in [1.165, 1.54) is 0 Å². The molecule has 1 aliphatic heterocycles. The van der Waals surface area contributed by atoms with Crippen LogP contribution in [0.5, 0.6) is 11.5 Å². The van der Waals surface area contributed by atoms with Crippen molar-refractivity contribution in [1.29, 1.82) is 0 Å². The van der Waals surface area contributed by atoms with E-state index in [4.69, 9.17) is 20.4 Å². The number of nitrogens with two attached hydrogens (primary N) is 1. The fraction of sp³-hybridized carbons (Fsp3) is 0.222. The molecule has 0 amide bonds.